The number of pyridine rings is 1. The van der Waals surface area contributed by atoms with E-state index in [1.807, 2.05) is 0 Å². The van der Waals surface area contributed by atoms with E-state index in [0.717, 1.165) is 37.2 Å². The van der Waals surface area contributed by atoms with E-state index in [4.69, 9.17) is 5.73 Å². The maximum Gasteiger partial charge on any atom is 0.434 e. The first-order valence-corrected chi connectivity index (χ1v) is 14.1. The van der Waals surface area contributed by atoms with Crippen molar-refractivity contribution in [3.05, 3.63) is 113 Å². The Bertz CT molecular complexity index is 1630. The number of halogens is 6. The van der Waals surface area contributed by atoms with Crippen LogP contribution in [0.1, 0.15) is 72.9 Å². The number of carbonyl (C=O) groups excluding carboxylic acids is 2. The lowest BCUT2D eigenvalue weighted by molar-refractivity contribution is -0.141. The molecule has 0 saturated heterocycles. The highest BCUT2D eigenvalue weighted by molar-refractivity contribution is 5.92. The minimum Gasteiger partial charge on any atom is -0.366 e. The molecule has 0 bridgehead atoms. The Labute approximate surface area is 255 Å². The Balaban J connectivity index is 1.68. The summed E-state index contributed by atoms with van der Waals surface area (Å²) in [5.41, 5.74) is 4.60. The summed E-state index contributed by atoms with van der Waals surface area (Å²) in [6, 6.07) is 4.93. The highest BCUT2D eigenvalue weighted by Gasteiger charge is 2.36. The van der Waals surface area contributed by atoms with Crippen LogP contribution < -0.4 is 11.1 Å². The van der Waals surface area contributed by atoms with Crippen molar-refractivity contribution in [2.45, 2.75) is 63.7 Å². The van der Waals surface area contributed by atoms with E-state index in [-0.39, 0.29) is 40.6 Å². The standard InChI is InChI=1S/C32H31F6N5O2/c1-18(9-10-25(35)19(2)30(39)45)24-8-5-11-40-29(24)26(14-20-12-22(33)15-23(34)13-20)41-28(44)17-43-16-27(32(36,37)38)42-31(43)21-6-3-4-7-21/h5,8-13,15-16,21,26H,1,3-4,6-7,14,17H2,2H3,(H2,39,45)(H,41,44)/b10-9-,25-19-/t26-/m0/s1. The van der Waals surface area contributed by atoms with Gasteiger partial charge in [-0.3, -0.25) is 14.6 Å². The molecule has 0 spiro atoms. The number of rotatable bonds is 11. The smallest absolute Gasteiger partial charge is 0.366 e. The third-order valence-corrected chi connectivity index (χ3v) is 7.50. The van der Waals surface area contributed by atoms with Crippen LogP contribution in [0.15, 0.2) is 72.9 Å². The van der Waals surface area contributed by atoms with Crippen LogP contribution in [0.4, 0.5) is 26.3 Å². The monoisotopic (exact) mass is 631 g/mol. The van der Waals surface area contributed by atoms with Gasteiger partial charge >= 0.3 is 6.18 Å². The largest absolute Gasteiger partial charge is 0.434 e. The maximum atomic E-state index is 14.4. The summed E-state index contributed by atoms with van der Waals surface area (Å²) in [6.07, 6.45) is 2.54. The molecule has 1 saturated carbocycles. The zero-order chi connectivity index (χ0) is 32.9. The summed E-state index contributed by atoms with van der Waals surface area (Å²) in [5, 5.41) is 2.74. The second kappa shape index (κ2) is 14.0. The van der Waals surface area contributed by atoms with Crippen LogP contribution in [0, 0.1) is 11.6 Å². The van der Waals surface area contributed by atoms with Crippen LogP contribution in [0.2, 0.25) is 0 Å². The van der Waals surface area contributed by atoms with Gasteiger partial charge in [0.25, 0.3) is 0 Å². The Morgan fingerprint density at radius 3 is 2.44 bits per heavy atom. The predicted molar refractivity (Wildman–Crippen MR) is 155 cm³/mol. The fourth-order valence-corrected chi connectivity index (χ4v) is 5.25. The molecule has 1 aliphatic carbocycles. The molecular formula is C32H31F6N5O2. The highest BCUT2D eigenvalue weighted by Crippen LogP contribution is 2.36. The van der Waals surface area contributed by atoms with Gasteiger partial charge in [-0.1, -0.05) is 31.6 Å². The quantitative estimate of drug-likeness (QED) is 0.141. The number of nitrogens with two attached hydrogens (primary N) is 1. The molecule has 4 rings (SSSR count). The van der Waals surface area contributed by atoms with E-state index in [1.54, 1.807) is 12.1 Å². The number of nitrogens with one attached hydrogen (secondary N) is 1. The molecule has 3 aromatic rings. The molecule has 1 fully saturated rings. The van der Waals surface area contributed by atoms with Gasteiger partial charge < -0.3 is 15.6 Å². The molecule has 2 heterocycles. The van der Waals surface area contributed by atoms with E-state index in [0.29, 0.717) is 24.5 Å². The molecule has 3 N–H and O–H groups in total. The molecule has 1 atom stereocenters. The number of imidazole rings is 1. The van der Waals surface area contributed by atoms with Crippen molar-refractivity contribution in [3.63, 3.8) is 0 Å². The summed E-state index contributed by atoms with van der Waals surface area (Å²) >= 11 is 0. The molecule has 45 heavy (non-hydrogen) atoms. The van der Waals surface area contributed by atoms with Crippen LogP contribution in [-0.2, 0) is 28.7 Å². The molecule has 2 amide bonds. The predicted octanol–water partition coefficient (Wildman–Crippen LogP) is 6.63. The van der Waals surface area contributed by atoms with Crippen molar-refractivity contribution < 1.29 is 35.9 Å². The van der Waals surface area contributed by atoms with Crippen LogP contribution in [0.3, 0.4) is 0 Å². The minimum absolute atomic E-state index is 0.162. The molecule has 0 radical (unpaired) electrons. The summed E-state index contributed by atoms with van der Waals surface area (Å²) in [4.78, 5) is 32.9. The van der Waals surface area contributed by atoms with Gasteiger partial charge in [0, 0.05) is 35.5 Å². The molecule has 13 heteroatoms. The van der Waals surface area contributed by atoms with Gasteiger partial charge in [0.05, 0.1) is 11.7 Å². The minimum atomic E-state index is -4.71. The van der Waals surface area contributed by atoms with Crippen molar-refractivity contribution in [2.75, 3.05) is 0 Å². The van der Waals surface area contributed by atoms with Crippen LogP contribution >= 0.6 is 0 Å². The van der Waals surface area contributed by atoms with Crippen molar-refractivity contribution in [1.82, 2.24) is 19.9 Å². The number of primary amides is 1. The Hall–Kier alpha value is -4.68. The highest BCUT2D eigenvalue weighted by atomic mass is 19.4. The normalized spacial score (nSPS) is 15.3. The Kier molecular flexibility index (Phi) is 10.3. The SMILES string of the molecule is C=C(/C=C\C(F)=C(/C)C(N)=O)c1cccnc1[C@H](Cc1cc(F)cc(F)c1)NC(=O)Cn1cc(C(F)(F)F)nc1C1CCCC1. The fraction of sp³-hybridized carbons (Fsp3) is 0.312. The number of carbonyl (C=O) groups is 2. The van der Waals surface area contributed by atoms with E-state index in [2.05, 4.69) is 21.9 Å². The number of nitrogens with zero attached hydrogens (tertiary/aromatic N) is 3. The zero-order valence-electron chi connectivity index (χ0n) is 24.3. The lowest BCUT2D eigenvalue weighted by atomic mass is 9.95. The van der Waals surface area contributed by atoms with Crippen molar-refractivity contribution in [2.24, 2.45) is 5.73 Å². The molecular weight excluding hydrogens is 600 g/mol. The summed E-state index contributed by atoms with van der Waals surface area (Å²) in [6.45, 7) is 4.63. The summed E-state index contributed by atoms with van der Waals surface area (Å²) < 4.78 is 84.4. The van der Waals surface area contributed by atoms with E-state index >= 15 is 0 Å². The first-order chi connectivity index (χ1) is 21.2. The molecule has 1 aromatic carbocycles. The van der Waals surface area contributed by atoms with Gasteiger partial charge in [-0.25, -0.2) is 18.2 Å². The van der Waals surface area contributed by atoms with E-state index in [9.17, 15) is 35.9 Å². The molecule has 2 aromatic heterocycles. The van der Waals surface area contributed by atoms with Crippen LogP contribution in [0.25, 0.3) is 5.57 Å². The number of amides is 2. The van der Waals surface area contributed by atoms with Gasteiger partial charge in [-0.15, -0.1) is 0 Å². The lowest BCUT2D eigenvalue weighted by Gasteiger charge is -2.22. The number of benzene rings is 1. The van der Waals surface area contributed by atoms with E-state index < -0.39 is 53.7 Å². The van der Waals surface area contributed by atoms with Crippen LogP contribution in [0.5, 0.6) is 0 Å². The van der Waals surface area contributed by atoms with E-state index in [1.165, 1.54) is 23.8 Å². The number of hydrogen-bond donors (Lipinski definition) is 2. The van der Waals surface area contributed by atoms with Crippen molar-refractivity contribution >= 4 is 17.4 Å². The number of aromatic nitrogens is 3. The number of hydrogen-bond acceptors (Lipinski definition) is 4. The maximum absolute atomic E-state index is 14.4. The number of alkyl halides is 3. The van der Waals surface area contributed by atoms with Gasteiger partial charge in [-0.05, 0) is 61.6 Å². The third kappa shape index (κ3) is 8.49. The first-order valence-electron chi connectivity index (χ1n) is 14.1. The summed E-state index contributed by atoms with van der Waals surface area (Å²) in [7, 11) is 0. The molecule has 0 aliphatic heterocycles. The van der Waals surface area contributed by atoms with Crippen molar-refractivity contribution in [3.8, 4) is 0 Å². The molecule has 238 valence electrons. The molecule has 0 unspecified atom stereocenters. The Morgan fingerprint density at radius 1 is 1.16 bits per heavy atom. The first kappa shape index (κ1) is 33.2. The Morgan fingerprint density at radius 2 is 1.82 bits per heavy atom. The lowest BCUT2D eigenvalue weighted by Crippen LogP contribution is -2.34. The zero-order valence-corrected chi connectivity index (χ0v) is 24.3. The van der Waals surface area contributed by atoms with Crippen LogP contribution in [-0.4, -0.2) is 26.3 Å². The van der Waals surface area contributed by atoms with Gasteiger partial charge in [0.15, 0.2) is 5.69 Å². The van der Waals surface area contributed by atoms with Gasteiger partial charge in [0.1, 0.15) is 29.8 Å². The third-order valence-electron chi connectivity index (χ3n) is 7.50. The average molecular weight is 632 g/mol. The summed E-state index contributed by atoms with van der Waals surface area (Å²) in [5.74, 6) is -4.32. The average Bonchev–Trinajstić information content (AvgIpc) is 3.64. The fourth-order valence-electron chi connectivity index (χ4n) is 5.25. The van der Waals surface area contributed by atoms with Gasteiger partial charge in [0.2, 0.25) is 11.8 Å². The van der Waals surface area contributed by atoms with Gasteiger partial charge in [-0.2, -0.15) is 13.2 Å². The van der Waals surface area contributed by atoms with Crippen molar-refractivity contribution in [1.29, 1.82) is 0 Å². The number of allylic oxidation sites excluding steroid dienone is 4. The second-order valence-corrected chi connectivity index (χ2v) is 10.8. The topological polar surface area (TPSA) is 103 Å². The molecule has 1 aliphatic rings. The molecule has 7 nitrogen and oxygen atoms in total. The second-order valence-electron chi connectivity index (χ2n) is 10.8.